The second kappa shape index (κ2) is 4.37. The molecule has 1 aromatic heterocycles. The van der Waals surface area contributed by atoms with E-state index < -0.39 is 11.7 Å². The summed E-state index contributed by atoms with van der Waals surface area (Å²) in [7, 11) is 0. The molecule has 0 bridgehead atoms. The first-order chi connectivity index (χ1) is 7.94. The molecule has 0 spiro atoms. The van der Waals surface area contributed by atoms with Gasteiger partial charge >= 0.3 is 6.09 Å². The molecule has 17 heavy (non-hydrogen) atoms. The van der Waals surface area contributed by atoms with E-state index in [9.17, 15) is 4.79 Å². The Balaban J connectivity index is 1.94. The van der Waals surface area contributed by atoms with Crippen LogP contribution in [0.25, 0.3) is 0 Å². The largest absolute Gasteiger partial charge is 0.471 e. The van der Waals surface area contributed by atoms with Crippen molar-refractivity contribution < 1.29 is 14.3 Å². The predicted octanol–water partition coefficient (Wildman–Crippen LogP) is 1.02. The summed E-state index contributed by atoms with van der Waals surface area (Å²) in [6.07, 6.45) is 2.63. The lowest BCUT2D eigenvalue weighted by Crippen LogP contribution is -2.50. The Morgan fingerprint density at radius 3 is 2.76 bits per heavy atom. The number of aromatic nitrogens is 2. The molecule has 1 N–H and O–H groups in total. The van der Waals surface area contributed by atoms with Crippen LogP contribution in [0, 0.1) is 0 Å². The van der Waals surface area contributed by atoms with Crippen molar-refractivity contribution in [1.29, 1.82) is 0 Å². The molecule has 0 aromatic carbocycles. The smallest absolute Gasteiger partial charge is 0.419 e. The van der Waals surface area contributed by atoms with Gasteiger partial charge < -0.3 is 14.8 Å². The van der Waals surface area contributed by atoms with Gasteiger partial charge in [-0.15, -0.1) is 0 Å². The molecule has 0 aliphatic carbocycles. The Bertz CT molecular complexity index is 404. The monoisotopic (exact) mass is 239 g/mol. The first kappa shape index (κ1) is 11.9. The van der Waals surface area contributed by atoms with Gasteiger partial charge in [0.25, 0.3) is 0 Å². The highest BCUT2D eigenvalue weighted by Crippen LogP contribution is 2.13. The molecule has 0 saturated carbocycles. The maximum atomic E-state index is 11.7. The van der Waals surface area contributed by atoms with Crippen LogP contribution < -0.4 is 10.1 Å². The van der Waals surface area contributed by atoms with Crippen LogP contribution in [-0.4, -0.2) is 40.4 Å². The first-order valence-electron chi connectivity index (χ1n) is 5.59. The quantitative estimate of drug-likeness (QED) is 0.834. The molecule has 6 nitrogen and oxygen atoms in total. The molecule has 1 fully saturated rings. The van der Waals surface area contributed by atoms with Gasteiger partial charge in [-0.1, -0.05) is 0 Å². The van der Waals surface area contributed by atoms with Crippen molar-refractivity contribution in [3.63, 3.8) is 0 Å². The number of rotatable bonds is 2. The van der Waals surface area contributed by atoms with E-state index in [4.69, 9.17) is 9.47 Å². The van der Waals surface area contributed by atoms with Crippen molar-refractivity contribution in [2.75, 3.05) is 13.1 Å². The number of nitrogens with zero attached hydrogens (tertiary/aromatic N) is 2. The lowest BCUT2D eigenvalue weighted by molar-refractivity contribution is 0.0535. The molecule has 0 unspecified atom stereocenters. The normalized spacial score (nSPS) is 16.4. The van der Waals surface area contributed by atoms with Crippen molar-refractivity contribution in [1.82, 2.24) is 14.9 Å². The van der Waals surface area contributed by atoms with Crippen molar-refractivity contribution in [3.05, 3.63) is 12.5 Å². The first-order valence-corrected chi connectivity index (χ1v) is 5.59. The Morgan fingerprint density at radius 2 is 2.24 bits per heavy atom. The lowest BCUT2D eigenvalue weighted by atomic mass is 10.2. The van der Waals surface area contributed by atoms with E-state index in [0.29, 0.717) is 5.88 Å². The van der Waals surface area contributed by atoms with E-state index in [1.54, 1.807) is 0 Å². The second-order valence-corrected chi connectivity index (χ2v) is 5.00. The zero-order valence-electron chi connectivity index (χ0n) is 10.3. The highest BCUT2D eigenvalue weighted by atomic mass is 16.6. The molecule has 0 atom stereocenters. The predicted molar refractivity (Wildman–Crippen MR) is 61.1 cm³/mol. The summed E-state index contributed by atoms with van der Waals surface area (Å²) in [5, 5.41) is 3.09. The average molecular weight is 239 g/mol. The van der Waals surface area contributed by atoms with Crippen molar-refractivity contribution in [3.8, 4) is 5.88 Å². The third-order valence-electron chi connectivity index (χ3n) is 2.19. The van der Waals surface area contributed by atoms with Crippen LogP contribution in [0.4, 0.5) is 4.79 Å². The third-order valence-corrected chi connectivity index (χ3v) is 2.19. The molecule has 1 aliphatic rings. The fraction of sp³-hybridized carbons (Fsp3) is 0.636. The SMILES string of the molecule is CC(C)(C)OC(=O)n1cnc(OC2CNC2)c1. The van der Waals surface area contributed by atoms with E-state index in [1.807, 2.05) is 20.8 Å². The standard InChI is InChI=1S/C11H17N3O3/c1-11(2,3)17-10(15)14-6-9(13-7-14)16-8-4-12-5-8/h6-8,12H,4-5H2,1-3H3. The van der Waals surface area contributed by atoms with Crippen LogP contribution in [0.2, 0.25) is 0 Å². The highest BCUT2D eigenvalue weighted by molar-refractivity contribution is 5.70. The fourth-order valence-corrected chi connectivity index (χ4v) is 1.30. The van der Waals surface area contributed by atoms with Crippen LogP contribution in [-0.2, 0) is 4.74 Å². The average Bonchev–Trinajstić information content (AvgIpc) is 2.56. The van der Waals surface area contributed by atoms with Gasteiger partial charge in [-0.05, 0) is 20.8 Å². The van der Waals surface area contributed by atoms with Gasteiger partial charge in [0.2, 0.25) is 5.88 Å². The van der Waals surface area contributed by atoms with Gasteiger partial charge in [-0.2, -0.15) is 0 Å². The van der Waals surface area contributed by atoms with E-state index in [1.165, 1.54) is 17.1 Å². The number of ether oxygens (including phenoxy) is 2. The Hall–Kier alpha value is -1.56. The van der Waals surface area contributed by atoms with Gasteiger partial charge in [0.05, 0.1) is 6.20 Å². The molecule has 94 valence electrons. The van der Waals surface area contributed by atoms with Gasteiger partial charge in [0.15, 0.2) is 0 Å². The van der Waals surface area contributed by atoms with Crippen LogP contribution in [0.5, 0.6) is 5.88 Å². The van der Waals surface area contributed by atoms with Gasteiger partial charge in [-0.3, -0.25) is 0 Å². The molecule has 2 rings (SSSR count). The van der Waals surface area contributed by atoms with E-state index >= 15 is 0 Å². The summed E-state index contributed by atoms with van der Waals surface area (Å²) in [5.74, 6) is 0.447. The highest BCUT2D eigenvalue weighted by Gasteiger charge is 2.21. The fourth-order valence-electron chi connectivity index (χ4n) is 1.30. The summed E-state index contributed by atoms with van der Waals surface area (Å²) in [6, 6.07) is 0. The molecule has 1 saturated heterocycles. The number of hydrogen-bond donors (Lipinski definition) is 1. The van der Waals surface area contributed by atoms with E-state index in [-0.39, 0.29) is 6.10 Å². The topological polar surface area (TPSA) is 65.4 Å². The number of carbonyl (C=O) groups is 1. The Kier molecular flexibility index (Phi) is 3.06. The Labute approximate surface area is 99.9 Å². The maximum absolute atomic E-state index is 11.7. The minimum absolute atomic E-state index is 0.150. The van der Waals surface area contributed by atoms with Gasteiger partial charge in [0, 0.05) is 13.1 Å². The van der Waals surface area contributed by atoms with Crippen LogP contribution in [0.1, 0.15) is 20.8 Å². The number of nitrogens with one attached hydrogen (secondary N) is 1. The molecule has 1 aliphatic heterocycles. The van der Waals surface area contributed by atoms with Crippen molar-refractivity contribution in [2.45, 2.75) is 32.5 Å². The molecular weight excluding hydrogens is 222 g/mol. The summed E-state index contributed by atoms with van der Waals surface area (Å²) < 4.78 is 12.0. The van der Waals surface area contributed by atoms with E-state index in [2.05, 4.69) is 10.3 Å². The number of carbonyl (C=O) groups excluding carboxylic acids is 1. The van der Waals surface area contributed by atoms with Crippen LogP contribution >= 0.6 is 0 Å². The zero-order chi connectivity index (χ0) is 12.5. The molecule has 1 aromatic rings. The van der Waals surface area contributed by atoms with Crippen molar-refractivity contribution >= 4 is 6.09 Å². The van der Waals surface area contributed by atoms with E-state index in [0.717, 1.165) is 13.1 Å². The molecule has 6 heteroatoms. The van der Waals surface area contributed by atoms with Crippen molar-refractivity contribution in [2.24, 2.45) is 0 Å². The molecule has 2 heterocycles. The molecule has 0 radical (unpaired) electrons. The minimum atomic E-state index is -0.514. The van der Waals surface area contributed by atoms with Crippen LogP contribution in [0.3, 0.4) is 0 Å². The van der Waals surface area contributed by atoms with Gasteiger partial charge in [0.1, 0.15) is 18.0 Å². The summed E-state index contributed by atoms with van der Waals surface area (Å²) in [6.45, 7) is 7.09. The second-order valence-electron chi connectivity index (χ2n) is 5.00. The maximum Gasteiger partial charge on any atom is 0.419 e. The summed E-state index contributed by atoms with van der Waals surface area (Å²) in [4.78, 5) is 15.7. The number of imidazole rings is 1. The lowest BCUT2D eigenvalue weighted by Gasteiger charge is -2.26. The molecular formula is C11H17N3O3. The molecule has 0 amide bonds. The van der Waals surface area contributed by atoms with Crippen LogP contribution in [0.15, 0.2) is 12.5 Å². The Morgan fingerprint density at radius 1 is 1.53 bits per heavy atom. The number of hydrogen-bond acceptors (Lipinski definition) is 5. The minimum Gasteiger partial charge on any atom is -0.471 e. The summed E-state index contributed by atoms with van der Waals surface area (Å²) in [5.41, 5.74) is -0.514. The summed E-state index contributed by atoms with van der Waals surface area (Å²) >= 11 is 0. The third kappa shape index (κ3) is 3.20. The van der Waals surface area contributed by atoms with Gasteiger partial charge in [-0.25, -0.2) is 14.3 Å². The zero-order valence-corrected chi connectivity index (χ0v) is 10.3.